The Labute approximate surface area is 166 Å². The van der Waals surface area contributed by atoms with Crippen molar-refractivity contribution in [1.82, 2.24) is 0 Å². The second-order valence-corrected chi connectivity index (χ2v) is 19.2. The van der Waals surface area contributed by atoms with E-state index in [0.29, 0.717) is 19.8 Å². The normalized spacial score (nSPS) is 14.2. The zero-order valence-corrected chi connectivity index (χ0v) is 21.0. The molecular weight excluding hydrogens is 666 g/mol. The van der Waals surface area contributed by atoms with Crippen LogP contribution in [0.15, 0.2) is 0 Å². The topological polar surface area (TPSA) is 27.7 Å². The van der Waals surface area contributed by atoms with Crippen LogP contribution in [0.2, 0.25) is 0 Å². The molecule has 0 aromatic rings. The van der Waals surface area contributed by atoms with Gasteiger partial charge in [-0.15, -0.1) is 0 Å². The third kappa shape index (κ3) is 17.4. The molecule has 3 nitrogen and oxygen atoms in total. The molecule has 0 aliphatic heterocycles. The summed E-state index contributed by atoms with van der Waals surface area (Å²) in [7, 11) is -1.43. The molecule has 19 heavy (non-hydrogen) atoms. The molecule has 0 aliphatic carbocycles. The van der Waals surface area contributed by atoms with E-state index in [4.69, 9.17) is 13.6 Å². The first-order valence-corrected chi connectivity index (χ1v) is 11.0. The molecule has 0 saturated heterocycles. The van der Waals surface area contributed by atoms with Gasteiger partial charge < -0.3 is 13.6 Å². The molecule has 0 aromatic heterocycles. The molecule has 0 radical (unpaired) electrons. The molecule has 10 heteroatoms. The molecule has 0 spiro atoms. The number of halogens is 6. The fraction of sp³-hybridized carbons (Fsp3) is 1.00. The summed E-state index contributed by atoms with van der Waals surface area (Å²) in [5.74, 6) is 0. The highest BCUT2D eigenvalue weighted by Crippen LogP contribution is 2.46. The van der Waals surface area contributed by atoms with E-state index in [-0.39, 0.29) is 9.70 Å². The minimum atomic E-state index is -1.43. The van der Waals surface area contributed by atoms with Crippen LogP contribution >= 0.6 is 104 Å². The first-order chi connectivity index (χ1) is 8.29. The molecule has 116 valence electrons. The first kappa shape index (κ1) is 22.2. The SMILES string of the molecule is CC(Br)(Br)COP(OCC(C)(Br)Br)OCC(C)(Br)Br. The molecule has 0 amide bonds. The molecule has 0 fully saturated rings. The summed E-state index contributed by atoms with van der Waals surface area (Å²) >= 11 is 20.7. The Morgan fingerprint density at radius 1 is 0.632 bits per heavy atom. The maximum Gasteiger partial charge on any atom is 0.332 e. The van der Waals surface area contributed by atoms with Crippen LogP contribution < -0.4 is 0 Å². The summed E-state index contributed by atoms with van der Waals surface area (Å²) in [5.41, 5.74) is 0. The van der Waals surface area contributed by atoms with Crippen LogP contribution in [0, 0.1) is 0 Å². The van der Waals surface area contributed by atoms with Gasteiger partial charge in [0.2, 0.25) is 0 Å². The maximum atomic E-state index is 5.64. The average molecular weight is 682 g/mol. The molecule has 0 atom stereocenters. The molecule has 0 heterocycles. The molecule has 0 rings (SSSR count). The molecule has 0 unspecified atom stereocenters. The summed E-state index contributed by atoms with van der Waals surface area (Å²) < 4.78 is 16.0. The van der Waals surface area contributed by atoms with E-state index < -0.39 is 8.60 Å². The van der Waals surface area contributed by atoms with Crippen LogP contribution in [0.1, 0.15) is 20.8 Å². The van der Waals surface area contributed by atoms with E-state index in [2.05, 4.69) is 95.6 Å². The van der Waals surface area contributed by atoms with Gasteiger partial charge in [0.1, 0.15) is 9.70 Å². The van der Waals surface area contributed by atoms with Gasteiger partial charge in [-0.2, -0.15) is 0 Å². The lowest BCUT2D eigenvalue weighted by Crippen LogP contribution is -2.19. The van der Waals surface area contributed by atoms with E-state index in [0.717, 1.165) is 0 Å². The minimum Gasteiger partial charge on any atom is -0.310 e. The van der Waals surface area contributed by atoms with E-state index in [1.54, 1.807) is 0 Å². The molecular formula is C9H15Br6O3P. The van der Waals surface area contributed by atoms with Crippen LogP contribution in [0.5, 0.6) is 0 Å². The summed E-state index contributed by atoms with van der Waals surface area (Å²) in [6.07, 6.45) is 0. The van der Waals surface area contributed by atoms with Gasteiger partial charge in [-0.25, -0.2) is 0 Å². The van der Waals surface area contributed by atoms with Gasteiger partial charge in [-0.05, 0) is 20.8 Å². The predicted octanol–water partition coefficient (Wildman–Crippen LogP) is 6.78. The fourth-order valence-electron chi connectivity index (χ4n) is 0.610. The van der Waals surface area contributed by atoms with Crippen molar-refractivity contribution in [2.75, 3.05) is 19.8 Å². The lowest BCUT2D eigenvalue weighted by Gasteiger charge is -2.24. The van der Waals surface area contributed by atoms with E-state index >= 15 is 0 Å². The van der Waals surface area contributed by atoms with E-state index in [9.17, 15) is 0 Å². The van der Waals surface area contributed by atoms with E-state index in [1.807, 2.05) is 20.8 Å². The molecule has 0 bridgehead atoms. The zero-order chi connectivity index (χ0) is 15.3. The second-order valence-electron chi connectivity index (χ2n) is 4.25. The molecule has 0 aliphatic rings. The Kier molecular flexibility index (Phi) is 11.1. The number of hydrogen-bond acceptors (Lipinski definition) is 3. The Balaban J connectivity index is 4.30. The number of alkyl halides is 6. The fourth-order valence-corrected chi connectivity index (χ4v) is 3.67. The molecule has 0 aromatic carbocycles. The third-order valence-corrected chi connectivity index (χ3v) is 3.66. The predicted molar refractivity (Wildman–Crippen MR) is 104 cm³/mol. The Hall–Kier alpha value is 3.19. The lowest BCUT2D eigenvalue weighted by molar-refractivity contribution is 0.160. The minimum absolute atomic E-state index is 0.300. The zero-order valence-electron chi connectivity index (χ0n) is 10.6. The van der Waals surface area contributed by atoms with Crippen molar-refractivity contribution in [3.8, 4) is 0 Å². The lowest BCUT2D eigenvalue weighted by atomic mass is 10.5. The van der Waals surface area contributed by atoms with Crippen molar-refractivity contribution < 1.29 is 13.6 Å². The highest BCUT2D eigenvalue weighted by molar-refractivity contribution is 9.26. The average Bonchev–Trinajstić information content (AvgIpc) is 2.11. The van der Waals surface area contributed by atoms with Gasteiger partial charge in [0.25, 0.3) is 0 Å². The van der Waals surface area contributed by atoms with Crippen LogP contribution in [0.3, 0.4) is 0 Å². The van der Waals surface area contributed by atoms with Crippen LogP contribution in [-0.4, -0.2) is 29.5 Å². The van der Waals surface area contributed by atoms with Crippen molar-refractivity contribution in [1.29, 1.82) is 0 Å². The van der Waals surface area contributed by atoms with Crippen LogP contribution in [0.4, 0.5) is 0 Å². The van der Waals surface area contributed by atoms with Gasteiger partial charge >= 0.3 is 8.60 Å². The second kappa shape index (κ2) is 9.48. The maximum absolute atomic E-state index is 5.64. The monoisotopic (exact) mass is 676 g/mol. The Bertz CT molecular complexity index is 217. The quantitative estimate of drug-likeness (QED) is 0.199. The van der Waals surface area contributed by atoms with Gasteiger partial charge in [0.05, 0.1) is 19.8 Å². The Morgan fingerprint density at radius 2 is 0.842 bits per heavy atom. The molecule has 0 N–H and O–H groups in total. The number of rotatable bonds is 9. The van der Waals surface area contributed by atoms with Gasteiger partial charge in [-0.3, -0.25) is 0 Å². The third-order valence-electron chi connectivity index (χ3n) is 1.27. The van der Waals surface area contributed by atoms with Crippen LogP contribution in [0.25, 0.3) is 0 Å². The first-order valence-electron chi connectivity index (χ1n) is 5.11. The van der Waals surface area contributed by atoms with Crippen molar-refractivity contribution in [3.63, 3.8) is 0 Å². The summed E-state index contributed by atoms with van der Waals surface area (Å²) in [6, 6.07) is 0. The van der Waals surface area contributed by atoms with Crippen molar-refractivity contribution >= 4 is 104 Å². The van der Waals surface area contributed by atoms with Crippen molar-refractivity contribution in [2.45, 2.75) is 30.5 Å². The Morgan fingerprint density at radius 3 is 1.00 bits per heavy atom. The summed E-state index contributed by atoms with van der Waals surface area (Å²) in [6.45, 7) is 7.08. The summed E-state index contributed by atoms with van der Waals surface area (Å²) in [4.78, 5) is 0. The van der Waals surface area contributed by atoms with Crippen LogP contribution in [-0.2, 0) is 13.6 Å². The van der Waals surface area contributed by atoms with Gasteiger partial charge in [0, 0.05) is 0 Å². The largest absolute Gasteiger partial charge is 0.332 e. The number of hydrogen-bond donors (Lipinski definition) is 0. The van der Waals surface area contributed by atoms with Crippen molar-refractivity contribution in [3.05, 3.63) is 0 Å². The van der Waals surface area contributed by atoms with Gasteiger partial charge in [-0.1, -0.05) is 95.6 Å². The highest BCUT2D eigenvalue weighted by Gasteiger charge is 2.27. The smallest absolute Gasteiger partial charge is 0.310 e. The highest BCUT2D eigenvalue weighted by atomic mass is 79.9. The molecule has 0 saturated carbocycles. The van der Waals surface area contributed by atoms with Crippen molar-refractivity contribution in [2.24, 2.45) is 0 Å². The van der Waals surface area contributed by atoms with Gasteiger partial charge in [0.15, 0.2) is 0 Å². The summed E-state index contributed by atoms with van der Waals surface area (Å²) in [5, 5.41) is 0. The standard InChI is InChI=1S/C9H15Br6O3P/c1-7(10,11)4-16-19(17-5-8(2,12)13)18-6-9(3,14)15/h4-6H2,1-3H3. The van der Waals surface area contributed by atoms with E-state index in [1.165, 1.54) is 0 Å².